The molecule has 0 aliphatic carbocycles. The zero-order chi connectivity index (χ0) is 11.1. The summed E-state index contributed by atoms with van der Waals surface area (Å²) in [5, 5.41) is 3.88. The molecule has 0 radical (unpaired) electrons. The number of hydrogen-bond acceptors (Lipinski definition) is 3. The van der Waals surface area contributed by atoms with Crippen LogP contribution >= 0.6 is 11.6 Å². The molecule has 82 valence electrons. The van der Waals surface area contributed by atoms with Crippen molar-refractivity contribution in [2.75, 3.05) is 13.7 Å². The summed E-state index contributed by atoms with van der Waals surface area (Å²) in [6.45, 7) is 3.64. The molecule has 0 aromatic rings. The summed E-state index contributed by atoms with van der Waals surface area (Å²) in [6, 6.07) is -0.717. The molecular weight excluding hydrogens is 208 g/mol. The molecule has 0 rings (SSSR count). The van der Waals surface area contributed by atoms with Crippen LogP contribution in [0.4, 0.5) is 4.79 Å². The van der Waals surface area contributed by atoms with Crippen molar-refractivity contribution < 1.29 is 14.3 Å². The molecule has 0 aromatic carbocycles. The molecule has 5 nitrogen and oxygen atoms in total. The topological polar surface area (TPSA) is 67.4 Å². The maximum Gasteiger partial charge on any atom is 0.321 e. The van der Waals surface area contributed by atoms with E-state index in [1.165, 1.54) is 14.0 Å². The SMILES string of the molecule is COC[C@H](C)NC(=O)NC(=O)[C@@H](C)Cl. The Kier molecular flexibility index (Phi) is 6.23. The Bertz CT molecular complexity index is 209. The van der Waals surface area contributed by atoms with Crippen LogP contribution < -0.4 is 10.6 Å². The first-order valence-electron chi connectivity index (χ1n) is 4.21. The number of methoxy groups -OCH3 is 1. The van der Waals surface area contributed by atoms with Gasteiger partial charge in [0.1, 0.15) is 5.38 Å². The second kappa shape index (κ2) is 6.62. The van der Waals surface area contributed by atoms with Crippen LogP contribution in [-0.2, 0) is 9.53 Å². The average molecular weight is 223 g/mol. The summed E-state index contributed by atoms with van der Waals surface area (Å²) in [4.78, 5) is 22.0. The molecule has 0 unspecified atom stereocenters. The molecule has 0 saturated heterocycles. The Hall–Kier alpha value is -0.810. The third-order valence-corrected chi connectivity index (χ3v) is 1.59. The fourth-order valence-electron chi connectivity index (χ4n) is 0.763. The number of rotatable bonds is 4. The average Bonchev–Trinajstić information content (AvgIpc) is 2.03. The van der Waals surface area contributed by atoms with Gasteiger partial charge in [0.2, 0.25) is 5.91 Å². The first-order valence-corrected chi connectivity index (χ1v) is 4.65. The number of carbonyl (C=O) groups excluding carboxylic acids is 2. The van der Waals surface area contributed by atoms with Crippen LogP contribution in [-0.4, -0.2) is 37.1 Å². The highest BCUT2D eigenvalue weighted by molar-refractivity contribution is 6.31. The number of imide groups is 1. The number of urea groups is 1. The van der Waals surface area contributed by atoms with Gasteiger partial charge in [-0.05, 0) is 13.8 Å². The van der Waals surface area contributed by atoms with Gasteiger partial charge in [0.15, 0.2) is 0 Å². The summed E-state index contributed by atoms with van der Waals surface area (Å²) in [7, 11) is 1.53. The van der Waals surface area contributed by atoms with Crippen LogP contribution in [0.15, 0.2) is 0 Å². The van der Waals surface area contributed by atoms with Crippen LogP contribution in [0, 0.1) is 0 Å². The van der Waals surface area contributed by atoms with Crippen molar-refractivity contribution in [1.29, 1.82) is 0 Å². The van der Waals surface area contributed by atoms with Crippen LogP contribution in [0.2, 0.25) is 0 Å². The zero-order valence-corrected chi connectivity index (χ0v) is 9.22. The zero-order valence-electron chi connectivity index (χ0n) is 8.46. The Balaban J connectivity index is 3.81. The number of hydrogen-bond donors (Lipinski definition) is 2. The third kappa shape index (κ3) is 5.77. The highest BCUT2D eigenvalue weighted by Gasteiger charge is 2.14. The minimum Gasteiger partial charge on any atom is -0.383 e. The molecule has 3 amide bonds. The predicted molar refractivity (Wildman–Crippen MR) is 53.3 cm³/mol. The number of ether oxygens (including phenoxy) is 1. The van der Waals surface area contributed by atoms with Gasteiger partial charge in [-0.1, -0.05) is 0 Å². The highest BCUT2D eigenvalue weighted by Crippen LogP contribution is 1.92. The molecule has 0 spiro atoms. The van der Waals surface area contributed by atoms with E-state index >= 15 is 0 Å². The molecule has 0 heterocycles. The molecule has 0 saturated carbocycles. The number of amides is 3. The van der Waals surface area contributed by atoms with E-state index in [0.29, 0.717) is 6.61 Å². The molecule has 0 aliphatic heterocycles. The van der Waals surface area contributed by atoms with Gasteiger partial charge >= 0.3 is 6.03 Å². The van der Waals surface area contributed by atoms with Gasteiger partial charge in [0, 0.05) is 7.11 Å². The highest BCUT2D eigenvalue weighted by atomic mass is 35.5. The Morgan fingerprint density at radius 1 is 1.43 bits per heavy atom. The monoisotopic (exact) mass is 222 g/mol. The van der Waals surface area contributed by atoms with Crippen LogP contribution in [0.3, 0.4) is 0 Å². The van der Waals surface area contributed by atoms with Gasteiger partial charge in [-0.25, -0.2) is 4.79 Å². The quantitative estimate of drug-likeness (QED) is 0.680. The molecule has 6 heteroatoms. The second-order valence-electron chi connectivity index (χ2n) is 2.94. The van der Waals surface area contributed by atoms with E-state index in [9.17, 15) is 9.59 Å². The standard InChI is InChI=1S/C8H15ClN2O3/c1-5(4-14-3)10-8(13)11-7(12)6(2)9/h5-6H,4H2,1-3H3,(H2,10,11,12,13)/t5-,6+/m0/s1. The van der Waals surface area contributed by atoms with E-state index in [4.69, 9.17) is 16.3 Å². The van der Waals surface area contributed by atoms with E-state index in [2.05, 4.69) is 10.6 Å². The molecule has 0 aliphatic rings. The van der Waals surface area contributed by atoms with Gasteiger partial charge < -0.3 is 10.1 Å². The maximum absolute atomic E-state index is 11.1. The summed E-state index contributed by atoms with van der Waals surface area (Å²) in [5.41, 5.74) is 0. The van der Waals surface area contributed by atoms with Crippen molar-refractivity contribution in [3.05, 3.63) is 0 Å². The van der Waals surface area contributed by atoms with Crippen molar-refractivity contribution in [2.24, 2.45) is 0 Å². The van der Waals surface area contributed by atoms with Crippen molar-refractivity contribution in [3.8, 4) is 0 Å². The van der Waals surface area contributed by atoms with Gasteiger partial charge in [0.25, 0.3) is 0 Å². The van der Waals surface area contributed by atoms with Crippen molar-refractivity contribution in [3.63, 3.8) is 0 Å². The lowest BCUT2D eigenvalue weighted by Crippen LogP contribution is -2.46. The first kappa shape index (κ1) is 13.2. The lowest BCUT2D eigenvalue weighted by atomic mass is 10.4. The van der Waals surface area contributed by atoms with Crippen molar-refractivity contribution >= 4 is 23.5 Å². The molecule has 2 N–H and O–H groups in total. The first-order chi connectivity index (χ1) is 6.47. The molecule has 14 heavy (non-hydrogen) atoms. The van der Waals surface area contributed by atoms with Gasteiger partial charge in [-0.15, -0.1) is 11.6 Å². The fourth-order valence-corrected chi connectivity index (χ4v) is 0.817. The molecule has 0 fully saturated rings. The smallest absolute Gasteiger partial charge is 0.321 e. The van der Waals surface area contributed by atoms with Crippen LogP contribution in [0.1, 0.15) is 13.8 Å². The maximum atomic E-state index is 11.1. The number of halogens is 1. The molecule has 2 atom stereocenters. The largest absolute Gasteiger partial charge is 0.383 e. The normalized spacial score (nSPS) is 14.3. The lowest BCUT2D eigenvalue weighted by Gasteiger charge is -2.13. The van der Waals surface area contributed by atoms with Gasteiger partial charge in [0.05, 0.1) is 12.6 Å². The van der Waals surface area contributed by atoms with Gasteiger partial charge in [-0.2, -0.15) is 0 Å². The molecule has 0 bridgehead atoms. The summed E-state index contributed by atoms with van der Waals surface area (Å²) < 4.78 is 4.80. The van der Waals surface area contributed by atoms with Crippen LogP contribution in [0.25, 0.3) is 0 Å². The second-order valence-corrected chi connectivity index (χ2v) is 3.59. The van der Waals surface area contributed by atoms with Crippen molar-refractivity contribution in [2.45, 2.75) is 25.3 Å². The lowest BCUT2D eigenvalue weighted by molar-refractivity contribution is -0.119. The van der Waals surface area contributed by atoms with E-state index in [1.54, 1.807) is 6.92 Å². The Morgan fingerprint density at radius 2 is 2.00 bits per heavy atom. The third-order valence-electron chi connectivity index (χ3n) is 1.39. The van der Waals surface area contributed by atoms with Gasteiger partial charge in [-0.3, -0.25) is 10.1 Å². The predicted octanol–water partition coefficient (Wildman–Crippen LogP) is 0.474. The number of alkyl halides is 1. The van der Waals surface area contributed by atoms with Crippen molar-refractivity contribution in [1.82, 2.24) is 10.6 Å². The number of carbonyl (C=O) groups is 2. The van der Waals surface area contributed by atoms with Crippen LogP contribution in [0.5, 0.6) is 0 Å². The minimum atomic E-state index is -0.724. The molecular formula is C8H15ClN2O3. The van der Waals surface area contributed by atoms with E-state index in [0.717, 1.165) is 0 Å². The van der Waals surface area contributed by atoms with E-state index < -0.39 is 17.3 Å². The van der Waals surface area contributed by atoms with E-state index in [-0.39, 0.29) is 6.04 Å². The fraction of sp³-hybridized carbons (Fsp3) is 0.750. The Labute approximate surface area is 88.1 Å². The minimum absolute atomic E-state index is 0.154. The Morgan fingerprint density at radius 3 is 2.43 bits per heavy atom. The number of nitrogens with one attached hydrogen (secondary N) is 2. The summed E-state index contributed by atoms with van der Waals surface area (Å²) >= 11 is 5.45. The van der Waals surface area contributed by atoms with E-state index in [1.807, 2.05) is 0 Å². The summed E-state index contributed by atoms with van der Waals surface area (Å²) in [5.74, 6) is -0.520. The summed E-state index contributed by atoms with van der Waals surface area (Å²) in [6.07, 6.45) is 0. The molecule has 0 aromatic heterocycles.